The van der Waals surface area contributed by atoms with Crippen LogP contribution in [0.5, 0.6) is 0 Å². The average molecular weight is 653 g/mol. The lowest BCUT2D eigenvalue weighted by atomic mass is 9.82. The molecule has 0 fully saturated rings. The van der Waals surface area contributed by atoms with Gasteiger partial charge < -0.3 is 9.80 Å². The first-order valence-corrected chi connectivity index (χ1v) is 18.2. The zero-order chi connectivity index (χ0) is 34.4. The lowest BCUT2D eigenvalue weighted by molar-refractivity contribution is 0.560. The molecule has 0 aliphatic heterocycles. The van der Waals surface area contributed by atoms with Crippen molar-refractivity contribution in [3.8, 4) is 11.1 Å². The van der Waals surface area contributed by atoms with Gasteiger partial charge in [-0.1, -0.05) is 93.8 Å². The Morgan fingerprint density at radius 1 is 0.520 bits per heavy atom. The van der Waals surface area contributed by atoms with Crippen LogP contribution in [0.1, 0.15) is 91.5 Å². The standard InChI is InChI=1S/C46H44N4/c1-7-23-46(50(43-14-10-12-25-48-43)33-21-17-31(4)18-22-33)39-27-35-34-26-38-40(28-36(34)44(5,6)37(35)29-41(39)46)45(38,8-2)49(42-13-9-11-24-47-42)32-19-15-30(3)16-20-32/h9-22,24-29H,7-8,23H2,1-6H3. The maximum Gasteiger partial charge on any atom is 0.133 e. The Balaban J connectivity index is 1.19. The van der Waals surface area contributed by atoms with Crippen molar-refractivity contribution in [3.63, 3.8) is 0 Å². The van der Waals surface area contributed by atoms with Gasteiger partial charge in [0, 0.05) is 29.2 Å². The molecule has 0 radical (unpaired) electrons. The maximum absolute atomic E-state index is 4.92. The molecule has 0 saturated carbocycles. The first kappa shape index (κ1) is 30.8. The largest absolute Gasteiger partial charge is 0.312 e. The molecular formula is C46H44N4. The Bertz CT molecular complexity index is 2260. The van der Waals surface area contributed by atoms with Crippen molar-refractivity contribution in [1.82, 2.24) is 9.97 Å². The summed E-state index contributed by atoms with van der Waals surface area (Å²) < 4.78 is 0. The van der Waals surface area contributed by atoms with Gasteiger partial charge in [0.1, 0.15) is 11.6 Å². The highest BCUT2D eigenvalue weighted by molar-refractivity contribution is 5.90. The Labute approximate surface area is 296 Å². The predicted octanol–water partition coefficient (Wildman–Crippen LogP) is 11.4. The summed E-state index contributed by atoms with van der Waals surface area (Å²) in [6.07, 6.45) is 6.89. The summed E-state index contributed by atoms with van der Waals surface area (Å²) in [4.78, 5) is 14.8. The Morgan fingerprint density at radius 3 is 1.40 bits per heavy atom. The molecule has 2 aromatic heterocycles. The van der Waals surface area contributed by atoms with E-state index in [0.29, 0.717) is 0 Å². The SMILES string of the molecule is CCCC1(N(c2ccc(C)cc2)c2ccccn2)c2cc3c(cc21)C(C)(C)c1cc2c(cc1-3)C2(CC)N(c1ccc(C)cc1)c1ccccn1. The minimum atomic E-state index is -0.236. The van der Waals surface area contributed by atoms with Gasteiger partial charge in [0.15, 0.2) is 0 Å². The number of hydrogen-bond acceptors (Lipinski definition) is 4. The molecule has 3 aliphatic rings. The fourth-order valence-electron chi connectivity index (χ4n) is 9.23. The number of benzene rings is 4. The van der Waals surface area contributed by atoms with E-state index in [1.807, 2.05) is 24.5 Å². The Hall–Kier alpha value is -5.22. The smallest absolute Gasteiger partial charge is 0.133 e. The Kier molecular flexibility index (Phi) is 6.71. The number of anilines is 4. The Morgan fingerprint density at radius 2 is 0.960 bits per heavy atom. The molecule has 0 bridgehead atoms. The van der Waals surface area contributed by atoms with Gasteiger partial charge in [-0.2, -0.15) is 0 Å². The molecule has 3 aliphatic carbocycles. The van der Waals surface area contributed by atoms with Crippen LogP contribution in [0.2, 0.25) is 0 Å². The number of aromatic nitrogens is 2. The van der Waals surface area contributed by atoms with E-state index in [9.17, 15) is 0 Å². The van der Waals surface area contributed by atoms with E-state index in [4.69, 9.17) is 9.97 Å². The van der Waals surface area contributed by atoms with Crippen LogP contribution < -0.4 is 9.80 Å². The number of pyridine rings is 2. The molecule has 2 atom stereocenters. The first-order valence-electron chi connectivity index (χ1n) is 18.2. The minimum absolute atomic E-state index is 0.128. The van der Waals surface area contributed by atoms with Crippen LogP contribution in [0, 0.1) is 13.8 Å². The fourth-order valence-corrected chi connectivity index (χ4v) is 9.23. The molecule has 0 spiro atoms. The van der Waals surface area contributed by atoms with Crippen molar-refractivity contribution in [2.45, 2.75) is 77.3 Å². The number of hydrogen-bond donors (Lipinski definition) is 0. The molecule has 248 valence electrons. The molecule has 9 rings (SSSR count). The van der Waals surface area contributed by atoms with Crippen LogP contribution in [0.4, 0.5) is 23.0 Å². The number of nitrogens with zero attached hydrogens (tertiary/aromatic N) is 4. The second-order valence-electron chi connectivity index (χ2n) is 15.1. The van der Waals surface area contributed by atoms with Gasteiger partial charge in [0.2, 0.25) is 0 Å². The average Bonchev–Trinajstić information content (AvgIpc) is 3.96. The molecule has 4 heteroatoms. The van der Waals surface area contributed by atoms with Gasteiger partial charge in [-0.05, 0) is 132 Å². The number of fused-ring (bicyclic) bond motifs is 5. The van der Waals surface area contributed by atoms with Crippen molar-refractivity contribution < 1.29 is 0 Å². The van der Waals surface area contributed by atoms with E-state index in [1.54, 1.807) is 0 Å². The van der Waals surface area contributed by atoms with Gasteiger partial charge in [-0.25, -0.2) is 9.97 Å². The molecule has 0 N–H and O–H groups in total. The van der Waals surface area contributed by atoms with Crippen LogP contribution in [0.15, 0.2) is 122 Å². The summed E-state index contributed by atoms with van der Waals surface area (Å²) in [5.41, 5.74) is 15.6. The third-order valence-corrected chi connectivity index (χ3v) is 11.8. The number of rotatable bonds is 9. The van der Waals surface area contributed by atoms with Crippen molar-refractivity contribution >= 4 is 23.0 Å². The van der Waals surface area contributed by atoms with E-state index >= 15 is 0 Å². The molecule has 0 saturated heterocycles. The summed E-state index contributed by atoms with van der Waals surface area (Å²) in [6, 6.07) is 40.5. The monoisotopic (exact) mass is 652 g/mol. The summed E-state index contributed by atoms with van der Waals surface area (Å²) in [7, 11) is 0. The van der Waals surface area contributed by atoms with Crippen molar-refractivity contribution in [2.24, 2.45) is 0 Å². The van der Waals surface area contributed by atoms with Crippen LogP contribution in [-0.4, -0.2) is 9.97 Å². The second-order valence-corrected chi connectivity index (χ2v) is 15.1. The first-order chi connectivity index (χ1) is 24.3. The summed E-state index contributed by atoms with van der Waals surface area (Å²) in [5, 5.41) is 0. The zero-order valence-corrected chi connectivity index (χ0v) is 30.0. The van der Waals surface area contributed by atoms with E-state index in [0.717, 1.165) is 30.9 Å². The van der Waals surface area contributed by atoms with E-state index in [-0.39, 0.29) is 16.5 Å². The van der Waals surface area contributed by atoms with Gasteiger partial charge in [0.05, 0.1) is 11.1 Å². The summed E-state index contributed by atoms with van der Waals surface area (Å²) >= 11 is 0. The van der Waals surface area contributed by atoms with E-state index in [1.165, 1.54) is 67.0 Å². The molecule has 4 nitrogen and oxygen atoms in total. The highest BCUT2D eigenvalue weighted by Crippen LogP contribution is 2.66. The highest BCUT2D eigenvalue weighted by atomic mass is 15.3. The third kappa shape index (κ3) is 4.17. The molecule has 50 heavy (non-hydrogen) atoms. The van der Waals surface area contributed by atoms with Gasteiger partial charge in [-0.15, -0.1) is 0 Å². The molecule has 0 amide bonds. The van der Waals surface area contributed by atoms with E-state index in [2.05, 4.69) is 148 Å². The van der Waals surface area contributed by atoms with Gasteiger partial charge >= 0.3 is 0 Å². The van der Waals surface area contributed by atoms with Crippen LogP contribution in [0.25, 0.3) is 11.1 Å². The summed E-state index contributed by atoms with van der Waals surface area (Å²) in [6.45, 7) is 13.8. The van der Waals surface area contributed by atoms with Crippen molar-refractivity contribution in [2.75, 3.05) is 9.80 Å². The molecular weight excluding hydrogens is 609 g/mol. The fraction of sp³-hybridized carbons (Fsp3) is 0.261. The van der Waals surface area contributed by atoms with Gasteiger partial charge in [0.25, 0.3) is 0 Å². The quantitative estimate of drug-likeness (QED) is 0.156. The lowest BCUT2D eigenvalue weighted by Gasteiger charge is -2.34. The van der Waals surface area contributed by atoms with Crippen molar-refractivity contribution in [3.05, 3.63) is 166 Å². The van der Waals surface area contributed by atoms with Crippen LogP contribution >= 0.6 is 0 Å². The molecule has 6 aromatic rings. The van der Waals surface area contributed by atoms with Crippen molar-refractivity contribution in [1.29, 1.82) is 0 Å². The molecule has 2 heterocycles. The summed E-state index contributed by atoms with van der Waals surface area (Å²) in [5.74, 6) is 1.97. The highest BCUT2D eigenvalue weighted by Gasteiger charge is 2.59. The zero-order valence-electron chi connectivity index (χ0n) is 30.0. The van der Waals surface area contributed by atoms with E-state index < -0.39 is 0 Å². The van der Waals surface area contributed by atoms with Crippen LogP contribution in [0.3, 0.4) is 0 Å². The molecule has 2 unspecified atom stereocenters. The number of aryl methyl sites for hydroxylation is 2. The predicted molar refractivity (Wildman–Crippen MR) is 206 cm³/mol. The topological polar surface area (TPSA) is 32.3 Å². The molecule has 4 aromatic carbocycles. The lowest BCUT2D eigenvalue weighted by Crippen LogP contribution is -2.33. The second kappa shape index (κ2) is 10.9. The third-order valence-electron chi connectivity index (χ3n) is 11.8. The normalized spacial score (nSPS) is 20.0. The van der Waals surface area contributed by atoms with Crippen LogP contribution in [-0.2, 0) is 16.5 Å². The minimum Gasteiger partial charge on any atom is -0.312 e. The van der Waals surface area contributed by atoms with Gasteiger partial charge in [-0.3, -0.25) is 0 Å². The maximum atomic E-state index is 4.92.